The Morgan fingerprint density at radius 1 is 1.53 bits per heavy atom. The van der Waals surface area contributed by atoms with E-state index in [1.807, 2.05) is 24.0 Å². The van der Waals surface area contributed by atoms with Gasteiger partial charge in [-0.05, 0) is 24.6 Å². The van der Waals surface area contributed by atoms with Crippen molar-refractivity contribution in [2.24, 2.45) is 11.5 Å². The smallest absolute Gasteiger partial charge is 0.237 e. The van der Waals surface area contributed by atoms with E-state index in [2.05, 4.69) is 4.98 Å². The number of ether oxygens (including phenoxy) is 1. The molecule has 0 radical (unpaired) electrons. The summed E-state index contributed by atoms with van der Waals surface area (Å²) in [7, 11) is 0. The highest BCUT2D eigenvalue weighted by molar-refractivity contribution is 5.80. The summed E-state index contributed by atoms with van der Waals surface area (Å²) >= 11 is 0. The second-order valence-corrected chi connectivity index (χ2v) is 4.82. The predicted octanol–water partition coefficient (Wildman–Crippen LogP) is -0.344. The number of primary amides is 1. The summed E-state index contributed by atoms with van der Waals surface area (Å²) in [4.78, 5) is 17.6. The Kier molecular flexibility index (Phi) is 4.47. The zero-order chi connectivity index (χ0) is 13.8. The summed E-state index contributed by atoms with van der Waals surface area (Å²) in [6.45, 7) is 3.47. The molecule has 1 aromatic rings. The molecule has 2 rings (SSSR count). The molecular weight excluding hydrogens is 244 g/mol. The number of hydrogen-bond acceptors (Lipinski definition) is 5. The number of aromatic nitrogens is 1. The van der Waals surface area contributed by atoms with Crippen molar-refractivity contribution in [3.8, 4) is 0 Å². The van der Waals surface area contributed by atoms with Gasteiger partial charge in [0.05, 0.1) is 19.3 Å². The van der Waals surface area contributed by atoms with Gasteiger partial charge in [-0.15, -0.1) is 0 Å². The quantitative estimate of drug-likeness (QED) is 0.775. The molecule has 19 heavy (non-hydrogen) atoms. The first-order valence-corrected chi connectivity index (χ1v) is 6.39. The Balaban J connectivity index is 2.30. The van der Waals surface area contributed by atoms with Crippen molar-refractivity contribution in [2.75, 3.05) is 19.8 Å². The summed E-state index contributed by atoms with van der Waals surface area (Å²) < 4.78 is 5.34. The van der Waals surface area contributed by atoms with Crippen LogP contribution >= 0.6 is 0 Å². The molecule has 1 amide bonds. The Morgan fingerprint density at radius 3 is 2.79 bits per heavy atom. The zero-order valence-corrected chi connectivity index (χ0v) is 11.0. The maximum atomic E-state index is 11.6. The third kappa shape index (κ3) is 3.09. The molecule has 1 fully saturated rings. The fourth-order valence-corrected chi connectivity index (χ4v) is 2.55. The van der Waals surface area contributed by atoms with Gasteiger partial charge in [0.1, 0.15) is 6.04 Å². The number of amides is 1. The van der Waals surface area contributed by atoms with Crippen molar-refractivity contribution >= 4 is 5.91 Å². The van der Waals surface area contributed by atoms with Crippen LogP contribution < -0.4 is 11.5 Å². The van der Waals surface area contributed by atoms with Gasteiger partial charge in [0.25, 0.3) is 0 Å². The largest absolute Gasteiger partial charge is 0.378 e. The molecule has 0 aliphatic carbocycles. The first-order chi connectivity index (χ1) is 9.11. The average molecular weight is 264 g/mol. The lowest BCUT2D eigenvalue weighted by Gasteiger charge is -2.41. The van der Waals surface area contributed by atoms with Crippen molar-refractivity contribution in [3.05, 3.63) is 30.1 Å². The standard InChI is InChI=1S/C13H20N4O2/c1-9(14)12(10-2-4-16-5-3-10)17-6-7-19-8-11(17)13(15)18/h2-5,9,11-12H,6-8,14H2,1H3,(H2,15,18). The first-order valence-electron chi connectivity index (χ1n) is 6.39. The molecule has 0 spiro atoms. The van der Waals surface area contributed by atoms with E-state index < -0.39 is 6.04 Å². The lowest BCUT2D eigenvalue weighted by Crippen LogP contribution is -2.56. The molecule has 0 bridgehead atoms. The van der Waals surface area contributed by atoms with E-state index in [9.17, 15) is 4.79 Å². The molecule has 6 nitrogen and oxygen atoms in total. The van der Waals surface area contributed by atoms with Crippen LogP contribution in [0.15, 0.2) is 24.5 Å². The lowest BCUT2D eigenvalue weighted by molar-refractivity contribution is -0.131. The Labute approximate surface area is 112 Å². The Morgan fingerprint density at radius 2 is 2.21 bits per heavy atom. The Bertz CT molecular complexity index is 424. The van der Waals surface area contributed by atoms with Gasteiger partial charge in [-0.3, -0.25) is 14.7 Å². The van der Waals surface area contributed by atoms with E-state index in [4.69, 9.17) is 16.2 Å². The molecule has 104 valence electrons. The van der Waals surface area contributed by atoms with E-state index in [1.165, 1.54) is 0 Å². The highest BCUT2D eigenvalue weighted by Crippen LogP contribution is 2.26. The van der Waals surface area contributed by atoms with Crippen LogP contribution in [0.5, 0.6) is 0 Å². The van der Waals surface area contributed by atoms with Gasteiger partial charge in [-0.1, -0.05) is 0 Å². The van der Waals surface area contributed by atoms with Crippen LogP contribution in [0.3, 0.4) is 0 Å². The maximum absolute atomic E-state index is 11.6. The number of pyridine rings is 1. The summed E-state index contributed by atoms with van der Waals surface area (Å²) in [5.74, 6) is -0.376. The van der Waals surface area contributed by atoms with E-state index in [0.717, 1.165) is 5.56 Å². The number of rotatable bonds is 4. The average Bonchev–Trinajstić information content (AvgIpc) is 2.40. The predicted molar refractivity (Wildman–Crippen MR) is 71.1 cm³/mol. The number of carbonyl (C=O) groups is 1. The summed E-state index contributed by atoms with van der Waals surface area (Å²) in [6.07, 6.45) is 3.45. The molecule has 4 N–H and O–H groups in total. The van der Waals surface area contributed by atoms with Gasteiger partial charge in [0.15, 0.2) is 0 Å². The van der Waals surface area contributed by atoms with Gasteiger partial charge in [0, 0.05) is 25.0 Å². The van der Waals surface area contributed by atoms with Crippen molar-refractivity contribution in [1.29, 1.82) is 0 Å². The van der Waals surface area contributed by atoms with Crippen LogP contribution in [0.25, 0.3) is 0 Å². The van der Waals surface area contributed by atoms with Crippen molar-refractivity contribution in [3.63, 3.8) is 0 Å². The zero-order valence-electron chi connectivity index (χ0n) is 11.0. The molecule has 1 aliphatic heterocycles. The molecule has 0 aromatic carbocycles. The van der Waals surface area contributed by atoms with Gasteiger partial charge in [-0.25, -0.2) is 0 Å². The third-order valence-corrected chi connectivity index (χ3v) is 3.40. The molecule has 6 heteroatoms. The highest BCUT2D eigenvalue weighted by Gasteiger charge is 2.35. The number of hydrogen-bond donors (Lipinski definition) is 2. The SMILES string of the molecule is CC(N)C(c1ccncc1)N1CCOCC1C(N)=O. The van der Waals surface area contributed by atoms with E-state index in [-0.39, 0.29) is 18.0 Å². The van der Waals surface area contributed by atoms with Crippen LogP contribution in [0.1, 0.15) is 18.5 Å². The number of carbonyl (C=O) groups excluding carboxylic acids is 1. The van der Waals surface area contributed by atoms with Crippen LogP contribution in [0.2, 0.25) is 0 Å². The van der Waals surface area contributed by atoms with E-state index >= 15 is 0 Å². The molecule has 3 atom stereocenters. The van der Waals surface area contributed by atoms with Crippen LogP contribution in [0.4, 0.5) is 0 Å². The second kappa shape index (κ2) is 6.10. The molecule has 2 heterocycles. The Hall–Kier alpha value is -1.50. The minimum absolute atomic E-state index is 0.0654. The van der Waals surface area contributed by atoms with Crippen LogP contribution in [0, 0.1) is 0 Å². The van der Waals surface area contributed by atoms with Gasteiger partial charge >= 0.3 is 0 Å². The summed E-state index contributed by atoms with van der Waals surface area (Å²) in [6, 6.07) is 3.22. The molecule has 1 aromatic heterocycles. The van der Waals surface area contributed by atoms with Crippen LogP contribution in [-0.2, 0) is 9.53 Å². The number of nitrogens with zero attached hydrogens (tertiary/aromatic N) is 2. The fourth-order valence-electron chi connectivity index (χ4n) is 2.55. The van der Waals surface area contributed by atoms with Gasteiger partial charge in [0.2, 0.25) is 5.91 Å². The topological polar surface area (TPSA) is 94.5 Å². The molecule has 1 aliphatic rings. The summed E-state index contributed by atoms with van der Waals surface area (Å²) in [5.41, 5.74) is 12.6. The normalized spacial score (nSPS) is 23.8. The van der Waals surface area contributed by atoms with Crippen molar-refractivity contribution in [2.45, 2.75) is 25.0 Å². The minimum atomic E-state index is -0.432. The van der Waals surface area contributed by atoms with E-state index in [0.29, 0.717) is 19.8 Å². The van der Waals surface area contributed by atoms with Gasteiger partial charge in [-0.2, -0.15) is 0 Å². The van der Waals surface area contributed by atoms with Crippen molar-refractivity contribution < 1.29 is 9.53 Å². The number of morpholine rings is 1. The second-order valence-electron chi connectivity index (χ2n) is 4.82. The fraction of sp³-hybridized carbons (Fsp3) is 0.538. The minimum Gasteiger partial charge on any atom is -0.378 e. The highest BCUT2D eigenvalue weighted by atomic mass is 16.5. The molecule has 1 saturated heterocycles. The van der Waals surface area contributed by atoms with Gasteiger partial charge < -0.3 is 16.2 Å². The third-order valence-electron chi connectivity index (χ3n) is 3.40. The monoisotopic (exact) mass is 264 g/mol. The molecule has 0 saturated carbocycles. The van der Waals surface area contributed by atoms with E-state index in [1.54, 1.807) is 12.4 Å². The van der Waals surface area contributed by atoms with Crippen LogP contribution in [-0.4, -0.2) is 47.6 Å². The van der Waals surface area contributed by atoms with Crippen molar-refractivity contribution in [1.82, 2.24) is 9.88 Å². The summed E-state index contributed by atoms with van der Waals surface area (Å²) in [5, 5.41) is 0. The lowest BCUT2D eigenvalue weighted by atomic mass is 9.97. The number of nitrogens with two attached hydrogens (primary N) is 2. The molecule has 3 unspecified atom stereocenters. The maximum Gasteiger partial charge on any atom is 0.237 e. The molecular formula is C13H20N4O2. The first kappa shape index (κ1) is 13.9.